The van der Waals surface area contributed by atoms with E-state index in [2.05, 4.69) is 4.90 Å². The van der Waals surface area contributed by atoms with Crippen molar-refractivity contribution in [2.45, 2.75) is 38.1 Å². The molecule has 1 saturated heterocycles. The van der Waals surface area contributed by atoms with Gasteiger partial charge in [-0.3, -0.25) is 9.69 Å². The molecule has 4 heteroatoms. The molecule has 1 heterocycles. The molecule has 1 aromatic rings. The molecule has 1 unspecified atom stereocenters. The number of carbonyl (C=O) groups is 1. The molecule has 0 bridgehead atoms. The largest absolute Gasteiger partial charge is 0.481 e. The van der Waals surface area contributed by atoms with Crippen molar-refractivity contribution in [3.8, 4) is 0 Å². The van der Waals surface area contributed by atoms with Crippen LogP contribution in [0.25, 0.3) is 0 Å². The van der Waals surface area contributed by atoms with Gasteiger partial charge in [0, 0.05) is 11.1 Å². The Hall–Kier alpha value is -1.06. The van der Waals surface area contributed by atoms with Gasteiger partial charge in [0.2, 0.25) is 0 Å². The molecule has 0 aliphatic carbocycles. The van der Waals surface area contributed by atoms with E-state index in [0.29, 0.717) is 5.02 Å². The average molecular weight is 282 g/mol. The Balaban J connectivity index is 2.24. The highest BCUT2D eigenvalue weighted by Crippen LogP contribution is 2.31. The summed E-state index contributed by atoms with van der Waals surface area (Å²) in [5.41, 5.74) is 0.938. The summed E-state index contributed by atoms with van der Waals surface area (Å²) in [6, 6.07) is 7.48. The average Bonchev–Trinajstić information content (AvgIpc) is 2.65. The minimum Gasteiger partial charge on any atom is -0.481 e. The van der Waals surface area contributed by atoms with Crippen molar-refractivity contribution < 1.29 is 9.90 Å². The van der Waals surface area contributed by atoms with E-state index < -0.39 is 5.97 Å². The van der Waals surface area contributed by atoms with E-state index in [1.54, 1.807) is 0 Å². The zero-order valence-electron chi connectivity index (χ0n) is 11.0. The molecule has 1 aliphatic heterocycles. The maximum absolute atomic E-state index is 11.2. The lowest BCUT2D eigenvalue weighted by atomic mass is 10.0. The highest BCUT2D eigenvalue weighted by molar-refractivity contribution is 6.31. The van der Waals surface area contributed by atoms with Crippen molar-refractivity contribution in [2.24, 2.45) is 0 Å². The third-order valence-corrected chi connectivity index (χ3v) is 4.06. The molecule has 1 fully saturated rings. The van der Waals surface area contributed by atoms with Gasteiger partial charge in [-0.15, -0.1) is 0 Å². The lowest BCUT2D eigenvalue weighted by molar-refractivity contribution is -0.138. The summed E-state index contributed by atoms with van der Waals surface area (Å²) in [5.74, 6) is -0.769. The predicted molar refractivity (Wildman–Crippen MR) is 76.5 cm³/mol. The number of carboxylic acid groups (broad SMARTS) is 1. The fourth-order valence-electron chi connectivity index (χ4n) is 2.75. The van der Waals surface area contributed by atoms with Gasteiger partial charge in [0.25, 0.3) is 0 Å². The van der Waals surface area contributed by atoms with Crippen LogP contribution in [0.2, 0.25) is 5.02 Å². The van der Waals surface area contributed by atoms with Gasteiger partial charge in [0.15, 0.2) is 0 Å². The Labute approximate surface area is 119 Å². The first-order valence-electron chi connectivity index (χ1n) is 6.89. The van der Waals surface area contributed by atoms with Crippen LogP contribution >= 0.6 is 11.6 Å². The fraction of sp³-hybridized carbons (Fsp3) is 0.533. The van der Waals surface area contributed by atoms with Crippen molar-refractivity contribution in [3.63, 3.8) is 0 Å². The Bertz CT molecular complexity index is 428. The van der Waals surface area contributed by atoms with Gasteiger partial charge in [-0.05, 0) is 37.6 Å². The van der Waals surface area contributed by atoms with Gasteiger partial charge in [0.05, 0.1) is 6.42 Å². The summed E-state index contributed by atoms with van der Waals surface area (Å²) in [6.07, 6.45) is 4.86. The van der Waals surface area contributed by atoms with Crippen LogP contribution in [0.15, 0.2) is 24.3 Å². The smallest absolute Gasteiger partial charge is 0.305 e. The number of halogens is 1. The van der Waals surface area contributed by atoms with Gasteiger partial charge < -0.3 is 5.11 Å². The third kappa shape index (κ3) is 3.95. The summed E-state index contributed by atoms with van der Waals surface area (Å²) in [6.45, 7) is 1.92. The molecule has 0 aromatic heterocycles. The molecule has 1 aromatic carbocycles. The van der Waals surface area contributed by atoms with Crippen molar-refractivity contribution in [1.29, 1.82) is 0 Å². The van der Waals surface area contributed by atoms with E-state index in [4.69, 9.17) is 16.7 Å². The first-order valence-corrected chi connectivity index (χ1v) is 7.26. The van der Waals surface area contributed by atoms with Crippen LogP contribution in [0.5, 0.6) is 0 Å². The van der Waals surface area contributed by atoms with E-state index in [1.165, 1.54) is 12.8 Å². The third-order valence-electron chi connectivity index (χ3n) is 3.71. The summed E-state index contributed by atoms with van der Waals surface area (Å²) >= 11 is 6.24. The number of hydrogen-bond acceptors (Lipinski definition) is 2. The maximum Gasteiger partial charge on any atom is 0.305 e. The first kappa shape index (κ1) is 14.4. The second kappa shape index (κ2) is 6.92. The van der Waals surface area contributed by atoms with Crippen LogP contribution in [0.1, 0.15) is 43.7 Å². The first-order chi connectivity index (χ1) is 9.18. The zero-order valence-corrected chi connectivity index (χ0v) is 11.8. The van der Waals surface area contributed by atoms with Crippen molar-refractivity contribution in [2.75, 3.05) is 13.1 Å². The molecule has 1 aliphatic rings. The quantitative estimate of drug-likeness (QED) is 0.914. The normalized spacial score (nSPS) is 18.8. The van der Waals surface area contributed by atoms with Gasteiger partial charge in [-0.2, -0.15) is 0 Å². The number of hydrogen-bond donors (Lipinski definition) is 1. The molecule has 0 radical (unpaired) electrons. The summed E-state index contributed by atoms with van der Waals surface area (Å²) in [4.78, 5) is 13.4. The van der Waals surface area contributed by atoms with Gasteiger partial charge in [-0.25, -0.2) is 0 Å². The summed E-state index contributed by atoms with van der Waals surface area (Å²) in [5, 5.41) is 9.83. The van der Waals surface area contributed by atoms with E-state index in [0.717, 1.165) is 31.5 Å². The predicted octanol–water partition coefficient (Wildman–Crippen LogP) is 3.73. The van der Waals surface area contributed by atoms with Crippen LogP contribution in [0.3, 0.4) is 0 Å². The SMILES string of the molecule is O=C(O)CC(c1ccccc1Cl)N1CCCCCC1. The van der Waals surface area contributed by atoms with Crippen molar-refractivity contribution >= 4 is 17.6 Å². The number of nitrogens with zero attached hydrogens (tertiary/aromatic N) is 1. The molecule has 0 spiro atoms. The van der Waals surface area contributed by atoms with E-state index in [9.17, 15) is 4.79 Å². The second-order valence-electron chi connectivity index (χ2n) is 5.09. The molecule has 19 heavy (non-hydrogen) atoms. The topological polar surface area (TPSA) is 40.5 Å². The summed E-state index contributed by atoms with van der Waals surface area (Å²) < 4.78 is 0. The van der Waals surface area contributed by atoms with Gasteiger partial charge >= 0.3 is 5.97 Å². The van der Waals surface area contributed by atoms with Crippen molar-refractivity contribution in [3.05, 3.63) is 34.9 Å². The highest BCUT2D eigenvalue weighted by Gasteiger charge is 2.25. The Morgan fingerprint density at radius 2 is 1.84 bits per heavy atom. The lowest BCUT2D eigenvalue weighted by Gasteiger charge is -2.30. The molecule has 0 amide bonds. The number of likely N-dealkylation sites (tertiary alicyclic amines) is 1. The Kier molecular flexibility index (Phi) is 5.23. The van der Waals surface area contributed by atoms with Gasteiger partial charge in [0.1, 0.15) is 0 Å². The van der Waals surface area contributed by atoms with Crippen LogP contribution in [0, 0.1) is 0 Å². The zero-order chi connectivity index (χ0) is 13.7. The monoisotopic (exact) mass is 281 g/mol. The molecule has 1 N–H and O–H groups in total. The van der Waals surface area contributed by atoms with Crippen molar-refractivity contribution in [1.82, 2.24) is 4.90 Å². The molecule has 1 atom stereocenters. The number of rotatable bonds is 4. The molecule has 0 saturated carbocycles. The number of benzene rings is 1. The molecular formula is C15H20ClNO2. The standard InChI is InChI=1S/C15H20ClNO2/c16-13-8-4-3-7-12(13)14(11-15(18)19)17-9-5-1-2-6-10-17/h3-4,7-8,14H,1-2,5-6,9-11H2,(H,18,19). The van der Waals surface area contributed by atoms with Crippen LogP contribution in [0.4, 0.5) is 0 Å². The molecule has 2 rings (SSSR count). The molecular weight excluding hydrogens is 262 g/mol. The second-order valence-corrected chi connectivity index (χ2v) is 5.49. The number of aliphatic carboxylic acids is 1. The maximum atomic E-state index is 11.2. The Morgan fingerprint density at radius 3 is 2.42 bits per heavy atom. The number of carboxylic acids is 1. The minimum absolute atomic E-state index is 0.107. The van der Waals surface area contributed by atoms with Gasteiger partial charge in [-0.1, -0.05) is 42.6 Å². The van der Waals surface area contributed by atoms with Crippen LogP contribution in [-0.2, 0) is 4.79 Å². The van der Waals surface area contributed by atoms with E-state index in [1.807, 2.05) is 24.3 Å². The molecule has 3 nitrogen and oxygen atoms in total. The fourth-order valence-corrected chi connectivity index (χ4v) is 3.01. The van der Waals surface area contributed by atoms with E-state index in [-0.39, 0.29) is 12.5 Å². The van der Waals surface area contributed by atoms with E-state index >= 15 is 0 Å². The van der Waals surface area contributed by atoms with Crippen LogP contribution < -0.4 is 0 Å². The lowest BCUT2D eigenvalue weighted by Crippen LogP contribution is -2.31. The Morgan fingerprint density at radius 1 is 1.21 bits per heavy atom. The van der Waals surface area contributed by atoms with Crippen LogP contribution in [-0.4, -0.2) is 29.1 Å². The summed E-state index contributed by atoms with van der Waals surface area (Å²) in [7, 11) is 0. The molecule has 104 valence electrons. The highest BCUT2D eigenvalue weighted by atomic mass is 35.5. The minimum atomic E-state index is -0.769.